The predicted octanol–water partition coefficient (Wildman–Crippen LogP) is 5.56. The number of alkyl carbamates (subject to hydrolysis) is 1. The summed E-state index contributed by atoms with van der Waals surface area (Å²) in [6.07, 6.45) is 3.01. The van der Waals surface area contributed by atoms with E-state index in [0.717, 1.165) is 11.1 Å². The summed E-state index contributed by atoms with van der Waals surface area (Å²) < 4.78 is 11.1. The molecule has 0 aromatic heterocycles. The van der Waals surface area contributed by atoms with Crippen molar-refractivity contribution in [3.05, 3.63) is 59.7 Å². The van der Waals surface area contributed by atoms with E-state index in [1.54, 1.807) is 20.8 Å². The zero-order chi connectivity index (χ0) is 29.8. The van der Waals surface area contributed by atoms with Crippen LogP contribution in [0.15, 0.2) is 48.5 Å². The van der Waals surface area contributed by atoms with Gasteiger partial charge in [0.25, 0.3) is 0 Å². The van der Waals surface area contributed by atoms with Gasteiger partial charge in [-0.2, -0.15) is 0 Å². The van der Waals surface area contributed by atoms with Crippen LogP contribution in [0.25, 0.3) is 11.1 Å². The van der Waals surface area contributed by atoms with Crippen molar-refractivity contribution in [2.45, 2.75) is 89.7 Å². The Bertz CT molecular complexity index is 1160. The van der Waals surface area contributed by atoms with Gasteiger partial charge in [-0.15, -0.1) is 0 Å². The summed E-state index contributed by atoms with van der Waals surface area (Å²) >= 11 is 0. The van der Waals surface area contributed by atoms with Crippen LogP contribution in [0.4, 0.5) is 4.79 Å². The van der Waals surface area contributed by atoms with Crippen LogP contribution >= 0.6 is 0 Å². The third-order valence-corrected chi connectivity index (χ3v) is 6.85. The van der Waals surface area contributed by atoms with Gasteiger partial charge in [-0.05, 0) is 75.1 Å². The quantitative estimate of drug-likeness (QED) is 0.190. The number of carbonyl (C=O) groups excluding carboxylic acids is 3. The van der Waals surface area contributed by atoms with Crippen molar-refractivity contribution in [3.8, 4) is 11.1 Å². The average molecular weight is 567 g/mol. The van der Waals surface area contributed by atoms with Gasteiger partial charge >= 0.3 is 18.0 Å². The van der Waals surface area contributed by atoms with Crippen molar-refractivity contribution >= 4 is 23.9 Å². The molecule has 2 aromatic rings. The lowest BCUT2D eigenvalue weighted by Crippen LogP contribution is -2.44. The van der Waals surface area contributed by atoms with Gasteiger partial charge in [0.1, 0.15) is 18.2 Å². The zero-order valence-corrected chi connectivity index (χ0v) is 24.2. The van der Waals surface area contributed by atoms with Crippen molar-refractivity contribution in [2.24, 2.45) is 0 Å². The number of fused-ring (bicyclic) bond motifs is 3. The fourth-order valence-electron chi connectivity index (χ4n) is 4.94. The van der Waals surface area contributed by atoms with E-state index in [1.165, 1.54) is 11.1 Å². The number of unbranched alkanes of at least 4 members (excludes halogenated alkanes) is 3. The molecule has 1 aliphatic rings. The second kappa shape index (κ2) is 15.2. The number of hydrogen-bond donors (Lipinski definition) is 3. The van der Waals surface area contributed by atoms with Gasteiger partial charge in [-0.3, -0.25) is 9.59 Å². The van der Waals surface area contributed by atoms with Crippen molar-refractivity contribution in [1.29, 1.82) is 0 Å². The van der Waals surface area contributed by atoms with Crippen LogP contribution in [0.5, 0.6) is 0 Å². The zero-order valence-electron chi connectivity index (χ0n) is 24.2. The van der Waals surface area contributed by atoms with Gasteiger partial charge in [0.05, 0.1) is 0 Å². The van der Waals surface area contributed by atoms with Crippen LogP contribution in [-0.4, -0.2) is 53.8 Å². The Balaban J connectivity index is 1.41. The molecular weight excluding hydrogens is 524 g/mol. The van der Waals surface area contributed by atoms with E-state index in [9.17, 15) is 19.2 Å². The number of carboxylic acid groups (broad SMARTS) is 1. The highest BCUT2D eigenvalue weighted by Crippen LogP contribution is 2.44. The van der Waals surface area contributed by atoms with E-state index in [1.807, 2.05) is 24.3 Å². The van der Waals surface area contributed by atoms with Crippen molar-refractivity contribution in [3.63, 3.8) is 0 Å². The Morgan fingerprint density at radius 2 is 1.46 bits per heavy atom. The molecule has 0 saturated heterocycles. The van der Waals surface area contributed by atoms with E-state index in [0.29, 0.717) is 45.1 Å². The number of rotatable bonds is 15. The van der Waals surface area contributed by atoms with E-state index in [-0.39, 0.29) is 31.3 Å². The number of esters is 1. The number of amides is 2. The molecule has 1 aliphatic carbocycles. The minimum atomic E-state index is -0.854. The number of ether oxygens (including phenoxy) is 2. The molecule has 0 unspecified atom stereocenters. The first kappa shape index (κ1) is 31.6. The summed E-state index contributed by atoms with van der Waals surface area (Å²) in [6.45, 7) is 5.91. The molecule has 41 heavy (non-hydrogen) atoms. The second-order valence-corrected chi connectivity index (χ2v) is 11.4. The maximum absolute atomic E-state index is 12.7. The van der Waals surface area contributed by atoms with Crippen LogP contribution in [-0.2, 0) is 23.9 Å². The fourth-order valence-corrected chi connectivity index (χ4v) is 4.94. The molecule has 0 fully saturated rings. The lowest BCUT2D eigenvalue weighted by molar-refractivity contribution is -0.159. The van der Waals surface area contributed by atoms with Crippen LogP contribution < -0.4 is 10.6 Å². The van der Waals surface area contributed by atoms with E-state index in [2.05, 4.69) is 34.9 Å². The Morgan fingerprint density at radius 3 is 2.07 bits per heavy atom. The molecular formula is C32H42N2O7. The van der Waals surface area contributed by atoms with Crippen LogP contribution in [0.3, 0.4) is 0 Å². The molecule has 0 heterocycles. The third kappa shape index (κ3) is 10.2. The van der Waals surface area contributed by atoms with Gasteiger partial charge in [-0.25, -0.2) is 9.59 Å². The van der Waals surface area contributed by atoms with E-state index >= 15 is 0 Å². The molecule has 3 N–H and O–H groups in total. The van der Waals surface area contributed by atoms with Gasteiger partial charge in [-0.1, -0.05) is 55.0 Å². The Labute approximate surface area is 242 Å². The molecule has 0 spiro atoms. The van der Waals surface area contributed by atoms with Gasteiger partial charge in [0.15, 0.2) is 0 Å². The molecule has 9 heteroatoms. The molecule has 2 amide bonds. The first-order valence-corrected chi connectivity index (χ1v) is 14.4. The van der Waals surface area contributed by atoms with Crippen LogP contribution in [0.2, 0.25) is 0 Å². The Hall–Kier alpha value is -3.88. The summed E-state index contributed by atoms with van der Waals surface area (Å²) in [6, 6.07) is 15.5. The minimum absolute atomic E-state index is 0.0106. The maximum Gasteiger partial charge on any atom is 0.407 e. The van der Waals surface area contributed by atoms with Crippen molar-refractivity contribution in [1.82, 2.24) is 10.6 Å². The molecule has 1 atom stereocenters. The summed E-state index contributed by atoms with van der Waals surface area (Å²) in [5, 5.41) is 14.3. The Morgan fingerprint density at radius 1 is 0.854 bits per heavy atom. The number of benzene rings is 2. The van der Waals surface area contributed by atoms with Crippen LogP contribution in [0.1, 0.15) is 89.2 Å². The normalized spacial score (nSPS) is 13.0. The summed E-state index contributed by atoms with van der Waals surface area (Å²) in [5.41, 5.74) is 3.94. The maximum atomic E-state index is 12.7. The number of carboxylic acids is 1. The molecule has 0 bridgehead atoms. The summed E-state index contributed by atoms with van der Waals surface area (Å²) in [7, 11) is 0. The smallest absolute Gasteiger partial charge is 0.407 e. The molecule has 0 aliphatic heterocycles. The molecule has 222 valence electrons. The predicted molar refractivity (Wildman–Crippen MR) is 155 cm³/mol. The largest absolute Gasteiger partial charge is 0.481 e. The topological polar surface area (TPSA) is 131 Å². The highest BCUT2D eigenvalue weighted by Gasteiger charge is 2.29. The first-order valence-electron chi connectivity index (χ1n) is 14.4. The summed E-state index contributed by atoms with van der Waals surface area (Å²) in [5.74, 6) is -1.63. The van der Waals surface area contributed by atoms with Crippen molar-refractivity contribution < 1.29 is 33.8 Å². The van der Waals surface area contributed by atoms with Gasteiger partial charge < -0.3 is 25.2 Å². The lowest BCUT2D eigenvalue weighted by Gasteiger charge is -2.24. The minimum Gasteiger partial charge on any atom is -0.481 e. The first-order chi connectivity index (χ1) is 19.5. The number of nitrogens with one attached hydrogen (secondary N) is 2. The third-order valence-electron chi connectivity index (χ3n) is 6.85. The van der Waals surface area contributed by atoms with Crippen molar-refractivity contribution in [2.75, 3.05) is 13.2 Å². The molecule has 0 saturated carbocycles. The van der Waals surface area contributed by atoms with Gasteiger partial charge in [0, 0.05) is 25.3 Å². The second-order valence-electron chi connectivity index (χ2n) is 11.4. The van der Waals surface area contributed by atoms with Gasteiger partial charge in [0.2, 0.25) is 5.91 Å². The molecule has 2 aromatic carbocycles. The highest BCUT2D eigenvalue weighted by molar-refractivity contribution is 5.84. The average Bonchev–Trinajstić information content (AvgIpc) is 3.23. The highest BCUT2D eigenvalue weighted by atomic mass is 16.6. The summed E-state index contributed by atoms with van der Waals surface area (Å²) in [4.78, 5) is 48.2. The van der Waals surface area contributed by atoms with E-state index in [4.69, 9.17) is 14.6 Å². The van der Waals surface area contributed by atoms with Crippen LogP contribution in [0, 0.1) is 0 Å². The number of aliphatic carboxylic acids is 1. The fraction of sp³-hybridized carbons (Fsp3) is 0.500. The number of hydrogen-bond acceptors (Lipinski definition) is 6. The molecule has 9 nitrogen and oxygen atoms in total. The molecule has 3 rings (SSSR count). The lowest BCUT2D eigenvalue weighted by atomic mass is 9.98. The monoisotopic (exact) mass is 566 g/mol. The number of carbonyl (C=O) groups is 4. The standard InChI is InChI=1S/C32H42N2O7/c1-32(2,3)41-30(38)27(34-28(35)18-5-4-6-19-29(36)37)17-11-12-20-33-31(39)40-21-26-24-15-9-7-13-22(24)23-14-8-10-16-25(23)26/h7-10,13-16,26-27H,4-6,11-12,17-21H2,1-3H3,(H,33,39)(H,34,35)(H,36,37)/t27-/m0/s1. The SMILES string of the molecule is CC(C)(C)OC(=O)[C@H](CCCCNC(=O)OCC1c2ccccc2-c2ccccc21)NC(=O)CCCCCC(=O)O. The Kier molecular flexibility index (Phi) is 11.7. The molecule has 0 radical (unpaired) electrons. The van der Waals surface area contributed by atoms with E-state index < -0.39 is 29.7 Å².